The third-order valence-electron chi connectivity index (χ3n) is 7.41. The summed E-state index contributed by atoms with van der Waals surface area (Å²) in [5.74, 6) is -3.00. The Kier molecular flexibility index (Phi) is 10.2. The van der Waals surface area contributed by atoms with Crippen LogP contribution in [-0.2, 0) is 23.8 Å². The van der Waals surface area contributed by atoms with Crippen molar-refractivity contribution < 1.29 is 28.7 Å². The number of esters is 2. The molecule has 2 atom stereocenters. The molecule has 0 aliphatic carbocycles. The Balaban J connectivity index is 1.48. The van der Waals surface area contributed by atoms with Crippen LogP contribution in [0.4, 0.5) is 11.4 Å². The predicted molar refractivity (Wildman–Crippen MR) is 154 cm³/mol. The van der Waals surface area contributed by atoms with E-state index < -0.39 is 28.7 Å². The number of piperazine rings is 1. The van der Waals surface area contributed by atoms with Crippen molar-refractivity contribution in [3.8, 4) is 0 Å². The van der Waals surface area contributed by atoms with E-state index in [1.165, 1.54) is 31.0 Å². The van der Waals surface area contributed by atoms with Crippen molar-refractivity contribution in [2.24, 2.45) is 10.9 Å². The van der Waals surface area contributed by atoms with Crippen molar-refractivity contribution >= 4 is 29.0 Å². The number of aliphatic imine (C=N–C) groups is 1. The van der Waals surface area contributed by atoms with Crippen LogP contribution in [0.5, 0.6) is 0 Å². The maximum absolute atomic E-state index is 13.5. The number of nitro groups is 1. The number of benzene rings is 2. The Labute approximate surface area is 239 Å². The van der Waals surface area contributed by atoms with Gasteiger partial charge in [-0.2, -0.15) is 0 Å². The fraction of sp³-hybridized carbons (Fsp3) is 0.433. The van der Waals surface area contributed by atoms with Gasteiger partial charge in [0.15, 0.2) is 0 Å². The summed E-state index contributed by atoms with van der Waals surface area (Å²) in [7, 11) is 1.50. The SMILES string of the molecule is COCCOC(=O)C1C(C)=NC(C)=C(C(=O)OCCN2CCN(c3ccccc3)CC2)C1c1cccc([N+](=O)[O-])c1. The summed E-state index contributed by atoms with van der Waals surface area (Å²) in [6.45, 7) is 7.75. The molecule has 2 unspecified atom stereocenters. The molecule has 218 valence electrons. The third kappa shape index (κ3) is 7.36. The first-order valence-corrected chi connectivity index (χ1v) is 13.7. The molecule has 1 saturated heterocycles. The second-order valence-corrected chi connectivity index (χ2v) is 10.0. The first kappa shape index (κ1) is 29.9. The number of allylic oxidation sites excluding steroid dienone is 1. The molecule has 4 rings (SSSR count). The van der Waals surface area contributed by atoms with E-state index in [1.54, 1.807) is 19.9 Å². The maximum Gasteiger partial charge on any atom is 0.336 e. The molecule has 2 aromatic rings. The van der Waals surface area contributed by atoms with E-state index in [2.05, 4.69) is 26.9 Å². The van der Waals surface area contributed by atoms with Crippen molar-refractivity contribution in [2.45, 2.75) is 19.8 Å². The number of carbonyl (C=O) groups is 2. The monoisotopic (exact) mass is 564 g/mol. The first-order chi connectivity index (χ1) is 19.8. The van der Waals surface area contributed by atoms with Crippen LogP contribution in [0, 0.1) is 16.0 Å². The average Bonchev–Trinajstić information content (AvgIpc) is 2.97. The highest BCUT2D eigenvalue weighted by atomic mass is 16.6. The number of rotatable bonds is 11. The summed E-state index contributed by atoms with van der Waals surface area (Å²) in [5, 5.41) is 11.5. The van der Waals surface area contributed by atoms with E-state index in [-0.39, 0.29) is 31.1 Å². The lowest BCUT2D eigenvalue weighted by Crippen LogP contribution is -2.47. The summed E-state index contributed by atoms with van der Waals surface area (Å²) in [6.07, 6.45) is 0. The number of hydrogen-bond acceptors (Lipinski definition) is 10. The molecule has 0 bridgehead atoms. The van der Waals surface area contributed by atoms with Crippen LogP contribution in [0.15, 0.2) is 70.9 Å². The number of ether oxygens (including phenoxy) is 3. The second-order valence-electron chi connectivity index (χ2n) is 10.0. The number of nitrogens with zero attached hydrogens (tertiary/aromatic N) is 4. The number of non-ortho nitro benzene ring substituents is 1. The summed E-state index contributed by atoms with van der Waals surface area (Å²) in [4.78, 5) is 46.9. The van der Waals surface area contributed by atoms with Gasteiger partial charge in [-0.05, 0) is 31.5 Å². The fourth-order valence-corrected chi connectivity index (χ4v) is 5.33. The molecule has 0 N–H and O–H groups in total. The average molecular weight is 565 g/mol. The Morgan fingerprint density at radius 1 is 0.976 bits per heavy atom. The van der Waals surface area contributed by atoms with Gasteiger partial charge < -0.3 is 19.1 Å². The van der Waals surface area contributed by atoms with Gasteiger partial charge >= 0.3 is 11.9 Å². The molecular formula is C30H36N4O7. The number of nitro benzene ring substituents is 1. The molecule has 2 heterocycles. The molecule has 41 heavy (non-hydrogen) atoms. The van der Waals surface area contributed by atoms with Gasteiger partial charge in [-0.3, -0.25) is 24.8 Å². The zero-order valence-electron chi connectivity index (χ0n) is 23.7. The molecule has 11 nitrogen and oxygen atoms in total. The fourth-order valence-electron chi connectivity index (χ4n) is 5.33. The van der Waals surface area contributed by atoms with Crippen LogP contribution in [0.1, 0.15) is 25.3 Å². The molecule has 0 saturated carbocycles. The molecule has 1 fully saturated rings. The molecule has 0 spiro atoms. The normalized spacial score (nSPS) is 19.5. The topological polar surface area (TPSA) is 124 Å². The van der Waals surface area contributed by atoms with Crippen molar-refractivity contribution in [3.63, 3.8) is 0 Å². The summed E-state index contributed by atoms with van der Waals surface area (Å²) in [5.41, 5.74) is 2.53. The molecule has 0 aromatic heterocycles. The first-order valence-electron chi connectivity index (χ1n) is 13.7. The van der Waals surface area contributed by atoms with Crippen LogP contribution in [-0.4, -0.2) is 87.1 Å². The highest BCUT2D eigenvalue weighted by Crippen LogP contribution is 2.41. The van der Waals surface area contributed by atoms with E-state index in [0.29, 0.717) is 23.5 Å². The molecule has 0 radical (unpaired) electrons. The van der Waals surface area contributed by atoms with Crippen LogP contribution >= 0.6 is 0 Å². The number of hydrogen-bond donors (Lipinski definition) is 0. The zero-order chi connectivity index (χ0) is 29.4. The van der Waals surface area contributed by atoms with Gasteiger partial charge in [-0.15, -0.1) is 0 Å². The van der Waals surface area contributed by atoms with Gasteiger partial charge in [0.1, 0.15) is 19.1 Å². The van der Waals surface area contributed by atoms with Crippen LogP contribution < -0.4 is 4.90 Å². The van der Waals surface area contributed by atoms with Crippen molar-refractivity contribution in [2.75, 3.05) is 64.6 Å². The lowest BCUT2D eigenvalue weighted by Gasteiger charge is -2.36. The van der Waals surface area contributed by atoms with Gasteiger partial charge in [0.25, 0.3) is 5.69 Å². The van der Waals surface area contributed by atoms with Crippen LogP contribution in [0.3, 0.4) is 0 Å². The van der Waals surface area contributed by atoms with Gasteiger partial charge in [0.05, 0.1) is 17.1 Å². The van der Waals surface area contributed by atoms with E-state index in [9.17, 15) is 19.7 Å². The van der Waals surface area contributed by atoms with E-state index in [4.69, 9.17) is 14.2 Å². The van der Waals surface area contributed by atoms with Crippen molar-refractivity contribution in [1.82, 2.24) is 4.90 Å². The second kappa shape index (κ2) is 14.0. The Morgan fingerprint density at radius 2 is 1.71 bits per heavy atom. The van der Waals surface area contributed by atoms with Crippen molar-refractivity contribution in [1.29, 1.82) is 0 Å². The standard InChI is InChI=1S/C30H36N4O7/c1-21-26(29(35)40-17-16-32-12-14-33(15-13-32)24-9-5-4-6-10-24)28(23-8-7-11-25(20-23)34(37)38)27(22(2)31-21)30(36)41-19-18-39-3/h4-11,20,27-28H,12-19H2,1-3H3. The molecule has 2 aromatic carbocycles. The maximum atomic E-state index is 13.5. The molecule has 2 aliphatic rings. The van der Waals surface area contributed by atoms with E-state index in [1.807, 2.05) is 18.2 Å². The highest BCUT2D eigenvalue weighted by Gasteiger charge is 2.43. The molecule has 2 aliphatic heterocycles. The predicted octanol–water partition coefficient (Wildman–Crippen LogP) is 3.60. The number of anilines is 1. The number of methoxy groups -OCH3 is 1. The van der Waals surface area contributed by atoms with Crippen LogP contribution in [0.2, 0.25) is 0 Å². The number of carbonyl (C=O) groups excluding carboxylic acids is 2. The summed E-state index contributed by atoms with van der Waals surface area (Å²) in [6, 6.07) is 16.2. The number of para-hydroxylation sites is 1. The lowest BCUT2D eigenvalue weighted by atomic mass is 9.75. The Bertz CT molecular complexity index is 1300. The Morgan fingerprint density at radius 3 is 2.39 bits per heavy atom. The van der Waals surface area contributed by atoms with Gasteiger partial charge in [0.2, 0.25) is 0 Å². The summed E-state index contributed by atoms with van der Waals surface area (Å²) >= 11 is 0. The van der Waals surface area contributed by atoms with Crippen molar-refractivity contribution in [3.05, 3.63) is 81.5 Å². The molecular weight excluding hydrogens is 528 g/mol. The van der Waals surface area contributed by atoms with E-state index >= 15 is 0 Å². The van der Waals surface area contributed by atoms with Gasteiger partial charge in [-0.25, -0.2) is 4.79 Å². The van der Waals surface area contributed by atoms with Crippen LogP contribution in [0.25, 0.3) is 0 Å². The highest BCUT2D eigenvalue weighted by molar-refractivity contribution is 6.07. The minimum absolute atomic E-state index is 0.0286. The lowest BCUT2D eigenvalue weighted by molar-refractivity contribution is -0.384. The molecule has 0 amide bonds. The smallest absolute Gasteiger partial charge is 0.336 e. The largest absolute Gasteiger partial charge is 0.463 e. The van der Waals surface area contributed by atoms with E-state index in [0.717, 1.165) is 26.2 Å². The molecule has 11 heteroatoms. The summed E-state index contributed by atoms with van der Waals surface area (Å²) < 4.78 is 16.1. The third-order valence-corrected chi connectivity index (χ3v) is 7.41. The van der Waals surface area contributed by atoms with Gasteiger partial charge in [0, 0.05) is 75.0 Å². The Hall–Kier alpha value is -4.09. The minimum atomic E-state index is -0.953. The van der Waals surface area contributed by atoms with Gasteiger partial charge in [-0.1, -0.05) is 30.3 Å². The zero-order valence-corrected chi connectivity index (χ0v) is 23.7. The minimum Gasteiger partial charge on any atom is -0.463 e. The quantitative estimate of drug-likeness (QED) is 0.174.